The van der Waals surface area contributed by atoms with E-state index in [9.17, 15) is 9.90 Å². The van der Waals surface area contributed by atoms with Crippen LogP contribution in [0, 0.1) is 5.92 Å². The molecule has 0 bridgehead atoms. The van der Waals surface area contributed by atoms with Crippen LogP contribution >= 0.6 is 0 Å². The second-order valence-electron chi connectivity index (χ2n) is 5.65. The first-order chi connectivity index (χ1) is 9.22. The molecule has 5 heteroatoms. The van der Waals surface area contributed by atoms with Gasteiger partial charge in [-0.2, -0.15) is 0 Å². The monoisotopic (exact) mass is 270 g/mol. The molecular weight excluding hydrogens is 244 g/mol. The van der Waals surface area contributed by atoms with Crippen molar-refractivity contribution < 1.29 is 14.6 Å². The molecule has 0 aromatic carbocycles. The minimum atomic E-state index is 0.235. The van der Waals surface area contributed by atoms with E-state index in [2.05, 4.69) is 11.8 Å². The van der Waals surface area contributed by atoms with Crippen molar-refractivity contribution in [1.29, 1.82) is 0 Å². The summed E-state index contributed by atoms with van der Waals surface area (Å²) in [6, 6.07) is 0.290. The van der Waals surface area contributed by atoms with Gasteiger partial charge in [-0.25, -0.2) is 0 Å². The normalized spacial score (nSPS) is 28.8. The van der Waals surface area contributed by atoms with Gasteiger partial charge in [0.2, 0.25) is 5.91 Å². The fourth-order valence-electron chi connectivity index (χ4n) is 3.06. The molecule has 0 aromatic heterocycles. The van der Waals surface area contributed by atoms with Crippen LogP contribution < -0.4 is 0 Å². The number of amides is 1. The van der Waals surface area contributed by atoms with Crippen molar-refractivity contribution in [2.45, 2.75) is 32.2 Å². The number of hydrogen-bond donors (Lipinski definition) is 1. The van der Waals surface area contributed by atoms with E-state index in [1.165, 1.54) is 0 Å². The van der Waals surface area contributed by atoms with Gasteiger partial charge in [-0.15, -0.1) is 0 Å². The lowest BCUT2D eigenvalue weighted by atomic mass is 10.0. The molecule has 0 radical (unpaired) electrons. The highest BCUT2D eigenvalue weighted by Crippen LogP contribution is 2.23. The Hall–Kier alpha value is -0.650. The number of hydrogen-bond acceptors (Lipinski definition) is 4. The second-order valence-corrected chi connectivity index (χ2v) is 5.65. The minimum absolute atomic E-state index is 0.235. The molecule has 0 aliphatic carbocycles. The summed E-state index contributed by atoms with van der Waals surface area (Å²) in [7, 11) is 0. The molecule has 2 fully saturated rings. The van der Waals surface area contributed by atoms with E-state index in [0.717, 1.165) is 39.0 Å². The minimum Gasteiger partial charge on any atom is -0.395 e. The zero-order valence-electron chi connectivity index (χ0n) is 11.9. The first-order valence-electron chi connectivity index (χ1n) is 7.43. The summed E-state index contributed by atoms with van der Waals surface area (Å²) >= 11 is 0. The average molecular weight is 270 g/mol. The van der Waals surface area contributed by atoms with Gasteiger partial charge in [-0.05, 0) is 31.8 Å². The topological polar surface area (TPSA) is 53.0 Å². The molecule has 0 aromatic rings. The van der Waals surface area contributed by atoms with Crippen molar-refractivity contribution in [2.75, 3.05) is 46.0 Å². The lowest BCUT2D eigenvalue weighted by molar-refractivity contribution is -0.135. The van der Waals surface area contributed by atoms with E-state index in [1.807, 2.05) is 4.90 Å². The Morgan fingerprint density at radius 1 is 1.32 bits per heavy atom. The number of nitrogens with zero attached hydrogens (tertiary/aromatic N) is 2. The SMILES string of the molecule is CC1CCN(CCCC(=O)N2CCOCC2)C1CO. The van der Waals surface area contributed by atoms with Gasteiger partial charge in [0.1, 0.15) is 0 Å². The zero-order valence-corrected chi connectivity index (χ0v) is 11.9. The van der Waals surface area contributed by atoms with Crippen LogP contribution in [0.3, 0.4) is 0 Å². The summed E-state index contributed by atoms with van der Waals surface area (Å²) in [4.78, 5) is 16.2. The highest BCUT2D eigenvalue weighted by atomic mass is 16.5. The third kappa shape index (κ3) is 3.91. The van der Waals surface area contributed by atoms with E-state index in [4.69, 9.17) is 4.74 Å². The Morgan fingerprint density at radius 3 is 2.74 bits per heavy atom. The molecule has 0 saturated carbocycles. The number of morpholine rings is 1. The average Bonchev–Trinajstić information content (AvgIpc) is 2.80. The van der Waals surface area contributed by atoms with Gasteiger partial charge < -0.3 is 14.7 Å². The first kappa shape index (κ1) is 14.8. The molecular formula is C14H26N2O3. The van der Waals surface area contributed by atoms with Gasteiger partial charge in [-0.1, -0.05) is 6.92 Å². The lowest BCUT2D eigenvalue weighted by Crippen LogP contribution is -2.41. The van der Waals surface area contributed by atoms with Crippen LogP contribution in [-0.2, 0) is 9.53 Å². The van der Waals surface area contributed by atoms with Crippen molar-refractivity contribution >= 4 is 5.91 Å². The maximum absolute atomic E-state index is 12.0. The molecule has 2 aliphatic heterocycles. The van der Waals surface area contributed by atoms with Crippen molar-refractivity contribution in [3.63, 3.8) is 0 Å². The predicted molar refractivity (Wildman–Crippen MR) is 72.9 cm³/mol. The molecule has 2 aliphatic rings. The smallest absolute Gasteiger partial charge is 0.222 e. The molecule has 2 atom stereocenters. The largest absolute Gasteiger partial charge is 0.395 e. The molecule has 1 N–H and O–H groups in total. The van der Waals surface area contributed by atoms with Crippen LogP contribution in [-0.4, -0.2) is 72.9 Å². The van der Waals surface area contributed by atoms with Crippen LogP contribution in [0.25, 0.3) is 0 Å². The molecule has 2 rings (SSSR count). The lowest BCUT2D eigenvalue weighted by Gasteiger charge is -2.28. The third-order valence-electron chi connectivity index (χ3n) is 4.38. The van der Waals surface area contributed by atoms with Crippen molar-refractivity contribution in [1.82, 2.24) is 9.80 Å². The summed E-state index contributed by atoms with van der Waals surface area (Å²) in [5.41, 5.74) is 0. The predicted octanol–water partition coefficient (Wildman–Crippen LogP) is 0.328. The molecule has 2 saturated heterocycles. The van der Waals surface area contributed by atoms with Gasteiger partial charge in [0.15, 0.2) is 0 Å². The Balaban J connectivity index is 1.67. The van der Waals surface area contributed by atoms with Crippen LogP contribution in [0.1, 0.15) is 26.2 Å². The zero-order chi connectivity index (χ0) is 13.7. The summed E-state index contributed by atoms with van der Waals surface area (Å²) in [6.45, 7) is 7.21. The van der Waals surface area contributed by atoms with E-state index in [0.29, 0.717) is 31.6 Å². The number of carbonyl (C=O) groups excluding carboxylic acids is 1. The number of ether oxygens (including phenoxy) is 1. The fourth-order valence-corrected chi connectivity index (χ4v) is 3.06. The van der Waals surface area contributed by atoms with Crippen LogP contribution in [0.15, 0.2) is 0 Å². The summed E-state index contributed by atoms with van der Waals surface area (Å²) in [5, 5.41) is 9.39. The Kier molecular flexibility index (Phi) is 5.60. The van der Waals surface area contributed by atoms with E-state index >= 15 is 0 Å². The van der Waals surface area contributed by atoms with Crippen molar-refractivity contribution in [2.24, 2.45) is 5.92 Å². The maximum Gasteiger partial charge on any atom is 0.222 e. The first-order valence-corrected chi connectivity index (χ1v) is 7.43. The quantitative estimate of drug-likeness (QED) is 0.782. The fraction of sp³-hybridized carbons (Fsp3) is 0.929. The van der Waals surface area contributed by atoms with Gasteiger partial charge in [0, 0.05) is 25.6 Å². The highest BCUT2D eigenvalue weighted by molar-refractivity contribution is 5.76. The van der Waals surface area contributed by atoms with E-state index in [-0.39, 0.29) is 12.5 Å². The van der Waals surface area contributed by atoms with Gasteiger partial charge in [-0.3, -0.25) is 9.69 Å². The van der Waals surface area contributed by atoms with Gasteiger partial charge >= 0.3 is 0 Å². The van der Waals surface area contributed by atoms with Crippen LogP contribution in [0.5, 0.6) is 0 Å². The maximum atomic E-state index is 12.0. The Bertz CT molecular complexity index is 292. The standard InChI is InChI=1S/C14H26N2O3/c1-12-4-6-15(13(12)11-17)5-2-3-14(18)16-7-9-19-10-8-16/h12-13,17H,2-11H2,1H3. The summed E-state index contributed by atoms with van der Waals surface area (Å²) < 4.78 is 5.25. The van der Waals surface area contributed by atoms with E-state index < -0.39 is 0 Å². The summed E-state index contributed by atoms with van der Waals surface area (Å²) in [6.07, 6.45) is 2.66. The highest BCUT2D eigenvalue weighted by Gasteiger charge is 2.30. The molecule has 2 unspecified atom stereocenters. The third-order valence-corrected chi connectivity index (χ3v) is 4.38. The Morgan fingerprint density at radius 2 is 2.05 bits per heavy atom. The van der Waals surface area contributed by atoms with Gasteiger partial charge in [0.25, 0.3) is 0 Å². The number of likely N-dealkylation sites (tertiary alicyclic amines) is 1. The number of carbonyl (C=O) groups is 1. The van der Waals surface area contributed by atoms with Crippen LogP contribution in [0.2, 0.25) is 0 Å². The molecule has 2 heterocycles. The molecule has 110 valence electrons. The van der Waals surface area contributed by atoms with Crippen molar-refractivity contribution in [3.05, 3.63) is 0 Å². The van der Waals surface area contributed by atoms with Crippen molar-refractivity contribution in [3.8, 4) is 0 Å². The molecule has 19 heavy (non-hydrogen) atoms. The molecule has 0 spiro atoms. The Labute approximate surface area is 115 Å². The van der Waals surface area contributed by atoms with Crippen LogP contribution in [0.4, 0.5) is 0 Å². The molecule has 1 amide bonds. The summed E-state index contributed by atoms with van der Waals surface area (Å²) in [5.74, 6) is 0.816. The molecule has 5 nitrogen and oxygen atoms in total. The second kappa shape index (κ2) is 7.22. The number of rotatable bonds is 5. The number of aliphatic hydroxyl groups excluding tert-OH is 1. The van der Waals surface area contributed by atoms with E-state index in [1.54, 1.807) is 0 Å². The number of aliphatic hydroxyl groups is 1. The van der Waals surface area contributed by atoms with Gasteiger partial charge in [0.05, 0.1) is 19.8 Å².